The minimum absolute atomic E-state index is 0.125. The van der Waals surface area contributed by atoms with Gasteiger partial charge in [0.05, 0.1) is 20.0 Å². The summed E-state index contributed by atoms with van der Waals surface area (Å²) in [6, 6.07) is 13.2. The summed E-state index contributed by atoms with van der Waals surface area (Å²) in [5.41, 5.74) is 2.78. The number of ether oxygens (including phenoxy) is 2. The van der Waals surface area contributed by atoms with Gasteiger partial charge in [-0.25, -0.2) is 4.98 Å². The van der Waals surface area contributed by atoms with Crippen LogP contribution >= 0.6 is 23.3 Å². The van der Waals surface area contributed by atoms with Crippen LogP contribution in [0.5, 0.6) is 11.5 Å². The lowest BCUT2D eigenvalue weighted by molar-refractivity contribution is -0.113. The molecule has 0 saturated heterocycles. The number of amides is 1. The highest BCUT2D eigenvalue weighted by atomic mass is 32.2. The molecule has 3 rings (SSSR count). The van der Waals surface area contributed by atoms with E-state index in [9.17, 15) is 4.79 Å². The van der Waals surface area contributed by atoms with E-state index in [2.05, 4.69) is 14.7 Å². The number of thioether (sulfide) groups is 1. The molecule has 0 radical (unpaired) electrons. The van der Waals surface area contributed by atoms with Crippen LogP contribution in [0.25, 0.3) is 11.4 Å². The molecule has 3 aromatic rings. The number of methoxy groups -OCH3 is 2. The number of anilines is 1. The monoisotopic (exact) mass is 401 g/mol. The Hall–Kier alpha value is -2.58. The second-order valence-electron chi connectivity index (χ2n) is 5.61. The first-order valence-electron chi connectivity index (χ1n) is 8.15. The van der Waals surface area contributed by atoms with Crippen molar-refractivity contribution in [3.8, 4) is 22.9 Å². The van der Waals surface area contributed by atoms with Crippen molar-refractivity contribution in [2.24, 2.45) is 0 Å². The number of aromatic nitrogens is 2. The van der Waals surface area contributed by atoms with Gasteiger partial charge in [-0.3, -0.25) is 4.79 Å². The predicted octanol–water partition coefficient (Wildman–Crippen LogP) is 4.26. The van der Waals surface area contributed by atoms with Gasteiger partial charge in [0.25, 0.3) is 0 Å². The van der Waals surface area contributed by atoms with E-state index >= 15 is 0 Å². The number of hydrogen-bond acceptors (Lipinski definition) is 7. The first kappa shape index (κ1) is 19.2. The Morgan fingerprint density at radius 2 is 1.93 bits per heavy atom. The predicted molar refractivity (Wildman–Crippen MR) is 109 cm³/mol. The molecule has 0 aliphatic carbocycles. The van der Waals surface area contributed by atoms with Gasteiger partial charge in [0.15, 0.2) is 21.7 Å². The fraction of sp³-hybridized carbons (Fsp3) is 0.211. The first-order chi connectivity index (χ1) is 13.1. The van der Waals surface area contributed by atoms with Crippen molar-refractivity contribution >= 4 is 34.9 Å². The summed E-state index contributed by atoms with van der Waals surface area (Å²) in [7, 11) is 3.13. The molecule has 0 unspecified atom stereocenters. The number of nitrogens with one attached hydrogen (secondary N) is 1. The van der Waals surface area contributed by atoms with Crippen LogP contribution in [-0.4, -0.2) is 35.2 Å². The molecule has 8 heteroatoms. The van der Waals surface area contributed by atoms with E-state index in [-0.39, 0.29) is 11.7 Å². The summed E-state index contributed by atoms with van der Waals surface area (Å²) in [5, 5.41) is 2.85. The number of carbonyl (C=O) groups excluding carboxylic acids is 1. The largest absolute Gasteiger partial charge is 0.493 e. The number of carbonyl (C=O) groups is 1. The molecule has 1 aromatic heterocycles. The van der Waals surface area contributed by atoms with E-state index in [1.165, 1.54) is 23.3 Å². The molecule has 2 aromatic carbocycles. The zero-order valence-electron chi connectivity index (χ0n) is 15.2. The van der Waals surface area contributed by atoms with Gasteiger partial charge in [-0.2, -0.15) is 4.37 Å². The van der Waals surface area contributed by atoms with Crippen molar-refractivity contribution in [3.63, 3.8) is 0 Å². The van der Waals surface area contributed by atoms with Gasteiger partial charge in [0.2, 0.25) is 5.91 Å². The van der Waals surface area contributed by atoms with Gasteiger partial charge >= 0.3 is 0 Å². The summed E-state index contributed by atoms with van der Waals surface area (Å²) >= 11 is 2.66. The normalized spacial score (nSPS) is 10.5. The fourth-order valence-corrected chi connectivity index (χ4v) is 3.85. The number of aryl methyl sites for hydroxylation is 1. The second-order valence-corrected chi connectivity index (χ2v) is 7.58. The molecule has 1 amide bonds. The molecule has 1 heterocycles. The topological polar surface area (TPSA) is 73.3 Å². The van der Waals surface area contributed by atoms with Gasteiger partial charge < -0.3 is 14.8 Å². The maximum Gasteiger partial charge on any atom is 0.234 e. The molecule has 140 valence electrons. The quantitative estimate of drug-likeness (QED) is 0.596. The van der Waals surface area contributed by atoms with Crippen molar-refractivity contribution < 1.29 is 14.3 Å². The van der Waals surface area contributed by atoms with Crippen molar-refractivity contribution in [1.29, 1.82) is 0 Å². The van der Waals surface area contributed by atoms with Crippen LogP contribution < -0.4 is 14.8 Å². The molecule has 0 spiro atoms. The van der Waals surface area contributed by atoms with Crippen molar-refractivity contribution in [2.75, 3.05) is 25.3 Å². The number of benzene rings is 2. The average molecular weight is 402 g/mol. The minimum atomic E-state index is -0.125. The maximum absolute atomic E-state index is 12.2. The van der Waals surface area contributed by atoms with Gasteiger partial charge in [0, 0.05) is 17.3 Å². The SMILES string of the molecule is COc1ccc(NC(=O)CSc2nc(-c3ccccc3C)ns2)cc1OC. The first-order valence-corrected chi connectivity index (χ1v) is 9.91. The third-order valence-electron chi connectivity index (χ3n) is 3.79. The van der Waals surface area contributed by atoms with Gasteiger partial charge in [0.1, 0.15) is 0 Å². The van der Waals surface area contributed by atoms with E-state index in [4.69, 9.17) is 9.47 Å². The van der Waals surface area contributed by atoms with Crippen LogP contribution in [0, 0.1) is 6.92 Å². The van der Waals surface area contributed by atoms with E-state index < -0.39 is 0 Å². The molecule has 0 aliphatic rings. The third kappa shape index (κ3) is 4.78. The Morgan fingerprint density at radius 3 is 2.67 bits per heavy atom. The zero-order valence-corrected chi connectivity index (χ0v) is 16.8. The van der Waals surface area contributed by atoms with Gasteiger partial charge in [-0.05, 0) is 36.2 Å². The van der Waals surface area contributed by atoms with Gasteiger partial charge in [-0.1, -0.05) is 36.0 Å². The van der Waals surface area contributed by atoms with E-state index in [1.54, 1.807) is 32.4 Å². The highest BCUT2D eigenvalue weighted by Crippen LogP contribution is 2.30. The highest BCUT2D eigenvalue weighted by Gasteiger charge is 2.12. The van der Waals surface area contributed by atoms with Crippen LogP contribution in [0.2, 0.25) is 0 Å². The average Bonchev–Trinajstić information content (AvgIpc) is 3.15. The Morgan fingerprint density at radius 1 is 1.15 bits per heavy atom. The highest BCUT2D eigenvalue weighted by molar-refractivity contribution is 8.01. The lowest BCUT2D eigenvalue weighted by atomic mass is 10.1. The molecule has 0 bridgehead atoms. The smallest absolute Gasteiger partial charge is 0.234 e. The van der Waals surface area contributed by atoms with Gasteiger partial charge in [-0.15, -0.1) is 0 Å². The van der Waals surface area contributed by atoms with Crippen LogP contribution in [-0.2, 0) is 4.79 Å². The Kier molecular flexibility index (Phi) is 6.31. The van der Waals surface area contributed by atoms with Crippen LogP contribution in [0.3, 0.4) is 0 Å². The lowest BCUT2D eigenvalue weighted by Gasteiger charge is -2.10. The Balaban J connectivity index is 1.59. The molecule has 27 heavy (non-hydrogen) atoms. The van der Waals surface area contributed by atoms with Crippen molar-refractivity contribution in [3.05, 3.63) is 48.0 Å². The van der Waals surface area contributed by atoms with E-state index in [0.29, 0.717) is 23.0 Å². The summed E-state index contributed by atoms with van der Waals surface area (Å²) in [4.78, 5) is 16.7. The summed E-state index contributed by atoms with van der Waals surface area (Å²) in [6.45, 7) is 2.03. The number of rotatable bonds is 7. The minimum Gasteiger partial charge on any atom is -0.493 e. The maximum atomic E-state index is 12.2. The molecular weight excluding hydrogens is 382 g/mol. The van der Waals surface area contributed by atoms with E-state index in [0.717, 1.165) is 15.5 Å². The van der Waals surface area contributed by atoms with Crippen LogP contribution in [0.4, 0.5) is 5.69 Å². The number of hydrogen-bond donors (Lipinski definition) is 1. The summed E-state index contributed by atoms with van der Waals surface area (Å²) in [5.74, 6) is 2.00. The third-order valence-corrected chi connectivity index (χ3v) is 5.62. The Bertz CT molecular complexity index is 943. The standard InChI is InChI=1S/C19H19N3O3S2/c1-12-6-4-5-7-14(12)18-21-19(27-22-18)26-11-17(23)20-13-8-9-15(24-2)16(10-13)25-3/h4-10H,11H2,1-3H3,(H,20,23). The molecule has 1 N–H and O–H groups in total. The summed E-state index contributed by atoms with van der Waals surface area (Å²) in [6.07, 6.45) is 0. The molecule has 0 saturated carbocycles. The molecule has 0 atom stereocenters. The Labute approximate surface area is 166 Å². The van der Waals surface area contributed by atoms with E-state index in [1.807, 2.05) is 31.2 Å². The fourth-order valence-electron chi connectivity index (χ4n) is 2.44. The van der Waals surface area contributed by atoms with Crippen molar-refractivity contribution in [1.82, 2.24) is 9.36 Å². The second kappa shape index (κ2) is 8.88. The zero-order chi connectivity index (χ0) is 19.2. The molecule has 0 fully saturated rings. The summed E-state index contributed by atoms with van der Waals surface area (Å²) < 4.78 is 15.6. The molecular formula is C19H19N3O3S2. The number of nitrogens with zero attached hydrogens (tertiary/aromatic N) is 2. The van der Waals surface area contributed by atoms with Crippen molar-refractivity contribution in [2.45, 2.75) is 11.3 Å². The molecule has 0 aliphatic heterocycles. The lowest BCUT2D eigenvalue weighted by Crippen LogP contribution is -2.14. The van der Waals surface area contributed by atoms with Crippen LogP contribution in [0.15, 0.2) is 46.8 Å². The van der Waals surface area contributed by atoms with Crippen LogP contribution in [0.1, 0.15) is 5.56 Å². The molecule has 6 nitrogen and oxygen atoms in total.